The molecule has 1 N–H and O–H groups in total. The van der Waals surface area contributed by atoms with Crippen LogP contribution in [-0.4, -0.2) is 68.8 Å². The lowest BCUT2D eigenvalue weighted by atomic mass is 9.97. The van der Waals surface area contributed by atoms with Gasteiger partial charge in [0.15, 0.2) is 0 Å². The third kappa shape index (κ3) is 4.01. The van der Waals surface area contributed by atoms with E-state index >= 15 is 0 Å². The molecule has 0 bridgehead atoms. The molecule has 8 nitrogen and oxygen atoms in total. The Morgan fingerprint density at radius 1 is 1.27 bits per heavy atom. The fraction of sp³-hybridized carbons (Fsp3) is 0.444. The first-order valence-corrected chi connectivity index (χ1v) is 8.61. The molecule has 2 aromatic rings. The minimum Gasteiger partial charge on any atom is -0.481 e. The van der Waals surface area contributed by atoms with Gasteiger partial charge in [-0.05, 0) is 25.0 Å². The second-order valence-corrected chi connectivity index (χ2v) is 6.62. The second-order valence-electron chi connectivity index (χ2n) is 6.62. The number of piperidine rings is 1. The number of carbonyl (C=O) groups excluding carboxylic acids is 2. The van der Waals surface area contributed by atoms with Crippen molar-refractivity contribution in [3.63, 3.8) is 0 Å². The number of likely N-dealkylation sites (N-methyl/N-ethyl adjacent to an activating group) is 1. The number of rotatable bonds is 5. The number of carboxylic acids is 1. The van der Waals surface area contributed by atoms with Crippen LogP contribution in [-0.2, 0) is 20.8 Å². The average molecular weight is 358 g/mol. The quantitative estimate of drug-likeness (QED) is 0.847. The largest absolute Gasteiger partial charge is 0.481 e. The Morgan fingerprint density at radius 2 is 2.00 bits per heavy atom. The molecule has 0 unspecified atom stereocenters. The van der Waals surface area contributed by atoms with Crippen LogP contribution in [0, 0.1) is 5.92 Å². The van der Waals surface area contributed by atoms with Crippen LogP contribution in [0.5, 0.6) is 0 Å². The standard InChI is InChI=1S/C18H22N4O4/c1-20(12-17(24)21-8-5-13(6-9-21)18(25)26)16(23)10-14-11-22-7-3-2-4-15(22)19-14/h2-4,7,11,13H,5-6,8-10,12H2,1H3,(H,25,26). The smallest absolute Gasteiger partial charge is 0.306 e. The van der Waals surface area contributed by atoms with Gasteiger partial charge in [0, 0.05) is 32.5 Å². The Labute approximate surface area is 151 Å². The molecule has 0 spiro atoms. The van der Waals surface area contributed by atoms with E-state index in [2.05, 4.69) is 4.98 Å². The lowest BCUT2D eigenvalue weighted by molar-refractivity contribution is -0.146. The zero-order chi connectivity index (χ0) is 18.7. The predicted octanol–water partition coefficient (Wildman–Crippen LogP) is 0.658. The molecular formula is C18H22N4O4. The van der Waals surface area contributed by atoms with Gasteiger partial charge in [0.2, 0.25) is 11.8 Å². The van der Waals surface area contributed by atoms with Gasteiger partial charge in [0.05, 0.1) is 24.6 Å². The average Bonchev–Trinajstić information content (AvgIpc) is 3.03. The molecule has 0 aromatic carbocycles. The van der Waals surface area contributed by atoms with Crippen LogP contribution in [0.15, 0.2) is 30.6 Å². The van der Waals surface area contributed by atoms with E-state index in [4.69, 9.17) is 5.11 Å². The van der Waals surface area contributed by atoms with E-state index in [1.807, 2.05) is 28.8 Å². The molecule has 0 radical (unpaired) electrons. The van der Waals surface area contributed by atoms with Crippen LogP contribution in [0.4, 0.5) is 0 Å². The van der Waals surface area contributed by atoms with E-state index in [-0.39, 0.29) is 30.7 Å². The Hall–Kier alpha value is -2.90. The number of aliphatic carboxylic acids is 1. The first-order chi connectivity index (χ1) is 12.4. The topological polar surface area (TPSA) is 95.2 Å². The monoisotopic (exact) mass is 358 g/mol. The highest BCUT2D eigenvalue weighted by Gasteiger charge is 2.27. The Balaban J connectivity index is 1.52. The number of likely N-dealkylation sites (tertiary alicyclic amines) is 1. The van der Waals surface area contributed by atoms with Gasteiger partial charge in [-0.2, -0.15) is 0 Å². The van der Waals surface area contributed by atoms with Crippen LogP contribution >= 0.6 is 0 Å². The van der Waals surface area contributed by atoms with Gasteiger partial charge in [-0.25, -0.2) is 4.98 Å². The normalized spacial score (nSPS) is 15.2. The van der Waals surface area contributed by atoms with E-state index in [0.29, 0.717) is 31.6 Å². The number of hydrogen-bond donors (Lipinski definition) is 1. The number of hydrogen-bond acceptors (Lipinski definition) is 4. The molecule has 1 saturated heterocycles. The van der Waals surface area contributed by atoms with Crippen molar-refractivity contribution in [3.05, 3.63) is 36.3 Å². The summed E-state index contributed by atoms with van der Waals surface area (Å²) in [6.07, 6.45) is 4.72. The number of fused-ring (bicyclic) bond motifs is 1. The van der Waals surface area contributed by atoms with Gasteiger partial charge in [-0.3, -0.25) is 14.4 Å². The molecule has 1 fully saturated rings. The third-order valence-corrected chi connectivity index (χ3v) is 4.74. The third-order valence-electron chi connectivity index (χ3n) is 4.74. The van der Waals surface area contributed by atoms with Gasteiger partial charge in [-0.15, -0.1) is 0 Å². The van der Waals surface area contributed by atoms with Crippen LogP contribution in [0.1, 0.15) is 18.5 Å². The lowest BCUT2D eigenvalue weighted by Crippen LogP contribution is -2.45. The second kappa shape index (κ2) is 7.55. The zero-order valence-corrected chi connectivity index (χ0v) is 14.7. The van der Waals surface area contributed by atoms with Gasteiger partial charge < -0.3 is 19.3 Å². The molecule has 3 heterocycles. The minimum atomic E-state index is -0.808. The molecule has 0 aliphatic carbocycles. The van der Waals surface area contributed by atoms with Crippen molar-refractivity contribution in [3.8, 4) is 0 Å². The summed E-state index contributed by atoms with van der Waals surface area (Å²) in [6.45, 7) is 0.832. The van der Waals surface area contributed by atoms with Crippen LogP contribution < -0.4 is 0 Å². The fourth-order valence-electron chi connectivity index (χ4n) is 3.13. The molecule has 2 aromatic heterocycles. The maximum absolute atomic E-state index is 12.4. The Morgan fingerprint density at radius 3 is 2.65 bits per heavy atom. The number of nitrogens with zero attached hydrogens (tertiary/aromatic N) is 4. The number of aromatic nitrogens is 2. The predicted molar refractivity (Wildman–Crippen MR) is 93.5 cm³/mol. The molecule has 0 atom stereocenters. The molecule has 1 aliphatic heterocycles. The van der Waals surface area contributed by atoms with E-state index in [0.717, 1.165) is 5.65 Å². The van der Waals surface area contributed by atoms with Crippen LogP contribution in [0.2, 0.25) is 0 Å². The van der Waals surface area contributed by atoms with Gasteiger partial charge in [-0.1, -0.05) is 6.07 Å². The molecule has 0 saturated carbocycles. The first-order valence-electron chi connectivity index (χ1n) is 8.61. The fourth-order valence-corrected chi connectivity index (χ4v) is 3.13. The van der Waals surface area contributed by atoms with Crippen molar-refractivity contribution < 1.29 is 19.5 Å². The van der Waals surface area contributed by atoms with E-state index in [1.165, 1.54) is 4.90 Å². The van der Waals surface area contributed by atoms with Crippen molar-refractivity contribution in [2.75, 3.05) is 26.7 Å². The van der Waals surface area contributed by atoms with Crippen molar-refractivity contribution in [2.45, 2.75) is 19.3 Å². The molecule has 3 rings (SSSR count). The summed E-state index contributed by atoms with van der Waals surface area (Å²) in [4.78, 5) is 43.1. The number of imidazole rings is 1. The van der Waals surface area contributed by atoms with Crippen LogP contribution in [0.25, 0.3) is 5.65 Å². The number of amides is 2. The van der Waals surface area contributed by atoms with Crippen molar-refractivity contribution in [2.24, 2.45) is 5.92 Å². The first kappa shape index (κ1) is 17.9. The summed E-state index contributed by atoms with van der Waals surface area (Å²) < 4.78 is 1.85. The van der Waals surface area contributed by atoms with Crippen LogP contribution in [0.3, 0.4) is 0 Å². The molecular weight excluding hydrogens is 336 g/mol. The minimum absolute atomic E-state index is 0.00998. The van der Waals surface area contributed by atoms with Gasteiger partial charge in [0.25, 0.3) is 0 Å². The molecule has 8 heteroatoms. The highest BCUT2D eigenvalue weighted by Crippen LogP contribution is 2.17. The number of carboxylic acid groups (broad SMARTS) is 1. The Kier molecular flexibility index (Phi) is 5.20. The van der Waals surface area contributed by atoms with Gasteiger partial charge in [0.1, 0.15) is 5.65 Å². The van der Waals surface area contributed by atoms with Crippen molar-refractivity contribution >= 4 is 23.4 Å². The number of carbonyl (C=O) groups is 3. The summed E-state index contributed by atoms with van der Waals surface area (Å²) in [5, 5.41) is 9.01. The summed E-state index contributed by atoms with van der Waals surface area (Å²) in [5.41, 5.74) is 1.43. The van der Waals surface area contributed by atoms with Crippen molar-refractivity contribution in [1.82, 2.24) is 19.2 Å². The Bertz CT molecular complexity index is 790. The van der Waals surface area contributed by atoms with Gasteiger partial charge >= 0.3 is 5.97 Å². The highest BCUT2D eigenvalue weighted by atomic mass is 16.4. The summed E-state index contributed by atoms with van der Waals surface area (Å²) in [5.74, 6) is -1.52. The molecule has 2 amide bonds. The molecule has 138 valence electrons. The summed E-state index contributed by atoms with van der Waals surface area (Å²) in [6, 6.07) is 5.63. The SMILES string of the molecule is CN(CC(=O)N1CCC(C(=O)O)CC1)C(=O)Cc1cn2ccccc2n1. The maximum Gasteiger partial charge on any atom is 0.306 e. The van der Waals surface area contributed by atoms with Crippen molar-refractivity contribution in [1.29, 1.82) is 0 Å². The van der Waals surface area contributed by atoms with E-state index < -0.39 is 5.97 Å². The van der Waals surface area contributed by atoms with E-state index in [1.54, 1.807) is 18.1 Å². The molecule has 26 heavy (non-hydrogen) atoms. The summed E-state index contributed by atoms with van der Waals surface area (Å²) >= 11 is 0. The zero-order valence-electron chi connectivity index (χ0n) is 14.7. The lowest BCUT2D eigenvalue weighted by Gasteiger charge is -2.31. The maximum atomic E-state index is 12.4. The number of pyridine rings is 1. The molecule has 1 aliphatic rings. The van der Waals surface area contributed by atoms with E-state index in [9.17, 15) is 14.4 Å². The highest BCUT2D eigenvalue weighted by molar-refractivity contribution is 5.85. The summed E-state index contributed by atoms with van der Waals surface area (Å²) in [7, 11) is 1.60.